The molecule has 0 radical (unpaired) electrons. The molecule has 0 aliphatic rings. The topological polar surface area (TPSA) is 56.3 Å². The smallest absolute Gasteiger partial charge is 0.163 e. The predicted molar refractivity (Wildman–Crippen MR) is 78.1 cm³/mol. The Morgan fingerprint density at radius 3 is 2.55 bits per heavy atom. The summed E-state index contributed by atoms with van der Waals surface area (Å²) in [5.74, 6) is 1.52. The van der Waals surface area contributed by atoms with Gasteiger partial charge in [0.15, 0.2) is 11.5 Å². The van der Waals surface area contributed by atoms with E-state index in [9.17, 15) is 0 Å². The summed E-state index contributed by atoms with van der Waals surface area (Å²) in [6.07, 6.45) is 3.27. The van der Waals surface area contributed by atoms with Crippen LogP contribution in [-0.2, 0) is 6.54 Å². The lowest BCUT2D eigenvalue weighted by molar-refractivity contribution is 0.288. The first kappa shape index (κ1) is 14.1. The first-order valence-corrected chi connectivity index (χ1v) is 6.72. The van der Waals surface area contributed by atoms with Crippen LogP contribution in [0, 0.1) is 0 Å². The van der Waals surface area contributed by atoms with E-state index in [1.54, 1.807) is 12.5 Å². The number of nitrogens with zero attached hydrogens (tertiary/aromatic N) is 2. The van der Waals surface area contributed by atoms with Gasteiger partial charge in [-0.3, -0.25) is 0 Å². The minimum atomic E-state index is 0.607. The molecule has 1 aromatic heterocycles. The molecular weight excluding hydrogens is 254 g/mol. The Kier molecular flexibility index (Phi) is 5.17. The van der Waals surface area contributed by atoms with E-state index in [0.717, 1.165) is 22.9 Å². The molecule has 106 valence electrons. The number of benzene rings is 1. The molecule has 0 aliphatic heterocycles. The van der Waals surface area contributed by atoms with Crippen LogP contribution >= 0.6 is 0 Å². The SMILES string of the molecule is CCOc1ccc(NCc2ccncn2)cc1OCC. The van der Waals surface area contributed by atoms with Crippen LogP contribution in [0.4, 0.5) is 5.69 Å². The van der Waals surface area contributed by atoms with E-state index in [0.29, 0.717) is 19.8 Å². The Morgan fingerprint density at radius 2 is 1.85 bits per heavy atom. The molecular formula is C15H19N3O2. The van der Waals surface area contributed by atoms with Crippen LogP contribution in [0.1, 0.15) is 19.5 Å². The Balaban J connectivity index is 2.06. The van der Waals surface area contributed by atoms with Crippen LogP contribution in [0.2, 0.25) is 0 Å². The highest BCUT2D eigenvalue weighted by atomic mass is 16.5. The maximum atomic E-state index is 5.59. The molecule has 0 bridgehead atoms. The number of anilines is 1. The average molecular weight is 273 g/mol. The minimum Gasteiger partial charge on any atom is -0.490 e. The van der Waals surface area contributed by atoms with E-state index in [4.69, 9.17) is 9.47 Å². The second-order valence-electron chi connectivity index (χ2n) is 4.08. The monoisotopic (exact) mass is 273 g/mol. The van der Waals surface area contributed by atoms with E-state index in [-0.39, 0.29) is 0 Å². The van der Waals surface area contributed by atoms with Crippen molar-refractivity contribution < 1.29 is 9.47 Å². The highest BCUT2D eigenvalue weighted by molar-refractivity contribution is 5.54. The van der Waals surface area contributed by atoms with E-state index in [1.807, 2.05) is 38.1 Å². The summed E-state index contributed by atoms with van der Waals surface area (Å²) in [4.78, 5) is 8.07. The van der Waals surface area contributed by atoms with Crippen molar-refractivity contribution in [3.8, 4) is 11.5 Å². The highest BCUT2D eigenvalue weighted by Gasteiger charge is 2.06. The molecule has 0 saturated carbocycles. The third-order valence-corrected chi connectivity index (χ3v) is 2.66. The maximum Gasteiger partial charge on any atom is 0.163 e. The number of aromatic nitrogens is 2. The van der Waals surface area contributed by atoms with Crippen LogP contribution in [-0.4, -0.2) is 23.2 Å². The fraction of sp³-hybridized carbons (Fsp3) is 0.333. The van der Waals surface area contributed by atoms with E-state index in [2.05, 4.69) is 15.3 Å². The zero-order valence-corrected chi connectivity index (χ0v) is 11.8. The van der Waals surface area contributed by atoms with Gasteiger partial charge in [-0.2, -0.15) is 0 Å². The summed E-state index contributed by atoms with van der Waals surface area (Å²) in [6.45, 7) is 5.78. The van der Waals surface area contributed by atoms with Crippen LogP contribution in [0.15, 0.2) is 36.8 Å². The van der Waals surface area contributed by atoms with Gasteiger partial charge in [0, 0.05) is 18.0 Å². The molecule has 0 spiro atoms. The van der Waals surface area contributed by atoms with Gasteiger partial charge in [0.2, 0.25) is 0 Å². The van der Waals surface area contributed by atoms with Crippen molar-refractivity contribution >= 4 is 5.69 Å². The molecule has 1 aromatic carbocycles. The summed E-state index contributed by atoms with van der Waals surface area (Å²) >= 11 is 0. The summed E-state index contributed by atoms with van der Waals surface area (Å²) in [6, 6.07) is 7.70. The zero-order chi connectivity index (χ0) is 14.2. The van der Waals surface area contributed by atoms with Gasteiger partial charge < -0.3 is 14.8 Å². The lowest BCUT2D eigenvalue weighted by Crippen LogP contribution is -2.03. The van der Waals surface area contributed by atoms with Crippen LogP contribution in [0.25, 0.3) is 0 Å². The molecule has 0 aliphatic carbocycles. The predicted octanol–water partition coefficient (Wildman–Crippen LogP) is 2.89. The molecule has 0 atom stereocenters. The molecule has 2 rings (SSSR count). The molecule has 0 saturated heterocycles. The number of rotatable bonds is 7. The van der Waals surface area contributed by atoms with Gasteiger partial charge >= 0.3 is 0 Å². The average Bonchev–Trinajstić information content (AvgIpc) is 2.49. The summed E-state index contributed by atoms with van der Waals surface area (Å²) < 4.78 is 11.1. The number of nitrogens with one attached hydrogen (secondary N) is 1. The van der Waals surface area contributed by atoms with Gasteiger partial charge in [-0.25, -0.2) is 9.97 Å². The first-order valence-electron chi connectivity index (χ1n) is 6.72. The van der Waals surface area contributed by atoms with E-state index < -0.39 is 0 Å². The van der Waals surface area contributed by atoms with Gasteiger partial charge in [-0.15, -0.1) is 0 Å². The molecule has 5 nitrogen and oxygen atoms in total. The molecule has 1 heterocycles. The molecule has 2 aromatic rings. The van der Waals surface area contributed by atoms with Crippen LogP contribution in [0.5, 0.6) is 11.5 Å². The molecule has 0 amide bonds. The van der Waals surface area contributed by atoms with Crippen molar-refractivity contribution in [2.75, 3.05) is 18.5 Å². The second-order valence-corrected chi connectivity index (χ2v) is 4.08. The summed E-state index contributed by atoms with van der Waals surface area (Å²) in [5.41, 5.74) is 1.90. The third-order valence-electron chi connectivity index (χ3n) is 2.66. The maximum absolute atomic E-state index is 5.59. The molecule has 20 heavy (non-hydrogen) atoms. The third kappa shape index (κ3) is 3.85. The Morgan fingerprint density at radius 1 is 1.05 bits per heavy atom. The minimum absolute atomic E-state index is 0.607. The van der Waals surface area contributed by atoms with Crippen LogP contribution in [0.3, 0.4) is 0 Å². The van der Waals surface area contributed by atoms with Crippen molar-refractivity contribution in [2.24, 2.45) is 0 Å². The normalized spacial score (nSPS) is 10.1. The van der Waals surface area contributed by atoms with Gasteiger partial charge in [0.25, 0.3) is 0 Å². The fourth-order valence-electron chi connectivity index (χ4n) is 1.78. The van der Waals surface area contributed by atoms with Gasteiger partial charge in [-0.05, 0) is 32.0 Å². The quantitative estimate of drug-likeness (QED) is 0.840. The number of hydrogen-bond acceptors (Lipinski definition) is 5. The Labute approximate surface area is 119 Å². The standard InChI is InChI=1S/C15H19N3O2/c1-3-19-14-6-5-12(9-15(14)20-4-2)17-10-13-7-8-16-11-18-13/h5-9,11,17H,3-4,10H2,1-2H3. The van der Waals surface area contributed by atoms with E-state index in [1.165, 1.54) is 0 Å². The van der Waals surface area contributed by atoms with E-state index >= 15 is 0 Å². The van der Waals surface area contributed by atoms with Gasteiger partial charge in [-0.1, -0.05) is 0 Å². The van der Waals surface area contributed by atoms with Crippen molar-refractivity contribution in [3.63, 3.8) is 0 Å². The Bertz CT molecular complexity index is 532. The summed E-state index contributed by atoms with van der Waals surface area (Å²) in [7, 11) is 0. The fourth-order valence-corrected chi connectivity index (χ4v) is 1.78. The number of hydrogen-bond donors (Lipinski definition) is 1. The largest absolute Gasteiger partial charge is 0.490 e. The summed E-state index contributed by atoms with van der Waals surface area (Å²) in [5, 5.41) is 3.30. The molecule has 0 fully saturated rings. The second kappa shape index (κ2) is 7.33. The van der Waals surface area contributed by atoms with Crippen molar-refractivity contribution in [1.29, 1.82) is 0 Å². The Hall–Kier alpha value is -2.30. The highest BCUT2D eigenvalue weighted by Crippen LogP contribution is 2.30. The molecule has 0 unspecified atom stereocenters. The van der Waals surface area contributed by atoms with Crippen molar-refractivity contribution in [1.82, 2.24) is 9.97 Å². The number of ether oxygens (including phenoxy) is 2. The van der Waals surface area contributed by atoms with Crippen molar-refractivity contribution in [2.45, 2.75) is 20.4 Å². The van der Waals surface area contributed by atoms with Gasteiger partial charge in [0.1, 0.15) is 6.33 Å². The lowest BCUT2D eigenvalue weighted by Gasteiger charge is -2.13. The van der Waals surface area contributed by atoms with Crippen LogP contribution < -0.4 is 14.8 Å². The first-order chi connectivity index (χ1) is 9.83. The van der Waals surface area contributed by atoms with Gasteiger partial charge in [0.05, 0.1) is 25.5 Å². The lowest BCUT2D eigenvalue weighted by atomic mass is 10.2. The van der Waals surface area contributed by atoms with Crippen molar-refractivity contribution in [3.05, 3.63) is 42.5 Å². The molecule has 5 heteroatoms. The zero-order valence-electron chi connectivity index (χ0n) is 11.8. The molecule has 1 N–H and O–H groups in total.